The van der Waals surface area contributed by atoms with E-state index in [1.54, 1.807) is 19.9 Å². The molecule has 2 aromatic carbocycles. The lowest BCUT2D eigenvalue weighted by Crippen LogP contribution is -2.24. The minimum atomic E-state index is -0.441. The first-order valence-corrected chi connectivity index (χ1v) is 9.96. The fraction of sp³-hybridized carbons (Fsp3) is 0.200. The standard InChI is InChI=1S/C20H20N6O2S/c1-12-10-17(25-28-12)22-19(27)13(2)29-20-24-23-18(26(20)21)11-15-8-5-7-14-6-3-4-9-16(14)15/h3-10,13H,11,21H2,1-2H3,(H,22,25,27)/t13-/m0/s1. The Morgan fingerprint density at radius 2 is 2.03 bits per heavy atom. The van der Waals surface area contributed by atoms with Crippen LogP contribution in [0, 0.1) is 6.92 Å². The Morgan fingerprint density at radius 3 is 2.83 bits per heavy atom. The second-order valence-electron chi connectivity index (χ2n) is 6.66. The van der Waals surface area contributed by atoms with Crippen LogP contribution < -0.4 is 11.2 Å². The summed E-state index contributed by atoms with van der Waals surface area (Å²) < 4.78 is 6.40. The molecule has 0 aliphatic heterocycles. The Balaban J connectivity index is 1.47. The van der Waals surface area contributed by atoms with Crippen molar-refractivity contribution in [1.29, 1.82) is 0 Å². The first-order valence-electron chi connectivity index (χ1n) is 9.08. The summed E-state index contributed by atoms with van der Waals surface area (Å²) in [5.74, 6) is 7.62. The third kappa shape index (κ3) is 4.09. The van der Waals surface area contributed by atoms with Crippen LogP contribution in [0.4, 0.5) is 5.82 Å². The van der Waals surface area contributed by atoms with Crippen molar-refractivity contribution >= 4 is 34.3 Å². The summed E-state index contributed by atoms with van der Waals surface area (Å²) >= 11 is 1.23. The lowest BCUT2D eigenvalue weighted by molar-refractivity contribution is -0.115. The van der Waals surface area contributed by atoms with Crippen LogP contribution in [0.2, 0.25) is 0 Å². The second-order valence-corrected chi connectivity index (χ2v) is 7.96. The zero-order chi connectivity index (χ0) is 20.4. The van der Waals surface area contributed by atoms with Crippen LogP contribution in [-0.4, -0.2) is 31.2 Å². The van der Waals surface area contributed by atoms with E-state index >= 15 is 0 Å². The predicted molar refractivity (Wildman–Crippen MR) is 112 cm³/mol. The summed E-state index contributed by atoms with van der Waals surface area (Å²) in [6.45, 7) is 3.53. The molecule has 0 saturated carbocycles. The molecule has 0 spiro atoms. The van der Waals surface area contributed by atoms with Gasteiger partial charge in [-0.25, -0.2) is 4.68 Å². The number of nitrogens with two attached hydrogens (primary N) is 1. The molecule has 0 saturated heterocycles. The quantitative estimate of drug-likeness (QED) is 0.372. The molecule has 0 bridgehead atoms. The number of amides is 1. The number of carbonyl (C=O) groups excluding carboxylic acids is 1. The van der Waals surface area contributed by atoms with Crippen molar-refractivity contribution < 1.29 is 9.32 Å². The van der Waals surface area contributed by atoms with E-state index in [0.717, 1.165) is 16.3 Å². The van der Waals surface area contributed by atoms with Gasteiger partial charge in [0.25, 0.3) is 0 Å². The highest BCUT2D eigenvalue weighted by Crippen LogP contribution is 2.24. The van der Waals surface area contributed by atoms with Gasteiger partial charge in [0, 0.05) is 12.5 Å². The van der Waals surface area contributed by atoms with E-state index in [9.17, 15) is 4.79 Å². The molecule has 8 nitrogen and oxygen atoms in total. The van der Waals surface area contributed by atoms with Gasteiger partial charge in [0.1, 0.15) is 5.76 Å². The third-order valence-corrected chi connectivity index (χ3v) is 5.55. The highest BCUT2D eigenvalue weighted by atomic mass is 32.2. The molecule has 0 aliphatic rings. The third-order valence-electron chi connectivity index (χ3n) is 4.49. The van der Waals surface area contributed by atoms with Crippen molar-refractivity contribution in [3.8, 4) is 0 Å². The van der Waals surface area contributed by atoms with E-state index in [0.29, 0.717) is 29.0 Å². The number of nitrogen functional groups attached to an aromatic ring is 1. The van der Waals surface area contributed by atoms with Gasteiger partial charge in [-0.1, -0.05) is 59.4 Å². The molecule has 1 amide bonds. The van der Waals surface area contributed by atoms with Gasteiger partial charge in [-0.15, -0.1) is 10.2 Å². The topological polar surface area (TPSA) is 112 Å². The maximum absolute atomic E-state index is 12.4. The van der Waals surface area contributed by atoms with Crippen LogP contribution in [0.15, 0.2) is 58.2 Å². The minimum Gasteiger partial charge on any atom is -0.360 e. The van der Waals surface area contributed by atoms with E-state index in [4.69, 9.17) is 10.4 Å². The lowest BCUT2D eigenvalue weighted by atomic mass is 10.0. The molecule has 3 N–H and O–H groups in total. The lowest BCUT2D eigenvalue weighted by Gasteiger charge is -2.10. The smallest absolute Gasteiger partial charge is 0.238 e. The first kappa shape index (κ1) is 19.0. The van der Waals surface area contributed by atoms with Gasteiger partial charge in [-0.2, -0.15) is 0 Å². The van der Waals surface area contributed by atoms with Gasteiger partial charge >= 0.3 is 0 Å². The number of aryl methyl sites for hydroxylation is 1. The number of carbonyl (C=O) groups is 1. The van der Waals surface area contributed by atoms with E-state index in [-0.39, 0.29) is 5.91 Å². The molecule has 0 fully saturated rings. The monoisotopic (exact) mass is 408 g/mol. The Hall–Kier alpha value is -3.33. The normalized spacial score (nSPS) is 12.2. The highest BCUT2D eigenvalue weighted by Gasteiger charge is 2.20. The van der Waals surface area contributed by atoms with Crippen molar-refractivity contribution in [1.82, 2.24) is 20.0 Å². The SMILES string of the molecule is Cc1cc(NC(=O)[C@H](C)Sc2nnc(Cc3cccc4ccccc34)n2N)no1. The van der Waals surface area contributed by atoms with Crippen LogP contribution in [0.5, 0.6) is 0 Å². The number of benzene rings is 2. The zero-order valence-corrected chi connectivity index (χ0v) is 16.8. The molecule has 9 heteroatoms. The number of hydrogen-bond donors (Lipinski definition) is 2. The number of nitrogens with one attached hydrogen (secondary N) is 1. The summed E-state index contributed by atoms with van der Waals surface area (Å²) in [7, 11) is 0. The first-order chi connectivity index (χ1) is 14.0. The van der Waals surface area contributed by atoms with Crippen molar-refractivity contribution in [3.63, 3.8) is 0 Å². The molecule has 29 heavy (non-hydrogen) atoms. The molecule has 1 atom stereocenters. The van der Waals surface area contributed by atoms with Crippen molar-refractivity contribution in [2.75, 3.05) is 11.2 Å². The Bertz CT molecular complexity index is 1160. The van der Waals surface area contributed by atoms with Crippen molar-refractivity contribution in [2.45, 2.75) is 30.7 Å². The number of hydrogen-bond acceptors (Lipinski definition) is 7. The maximum atomic E-state index is 12.4. The molecule has 2 aromatic heterocycles. The summed E-state index contributed by atoms with van der Waals surface area (Å²) in [5, 5.41) is 17.2. The molecule has 4 aromatic rings. The van der Waals surface area contributed by atoms with Gasteiger partial charge in [-0.05, 0) is 30.2 Å². The molecule has 0 unspecified atom stereocenters. The van der Waals surface area contributed by atoms with Gasteiger partial charge in [0.05, 0.1) is 5.25 Å². The van der Waals surface area contributed by atoms with E-state index in [2.05, 4.69) is 44.9 Å². The van der Waals surface area contributed by atoms with Crippen molar-refractivity contribution in [2.24, 2.45) is 0 Å². The Morgan fingerprint density at radius 1 is 1.24 bits per heavy atom. The molecular weight excluding hydrogens is 388 g/mol. The van der Waals surface area contributed by atoms with Crippen LogP contribution in [0.1, 0.15) is 24.1 Å². The number of nitrogens with zero attached hydrogens (tertiary/aromatic N) is 4. The summed E-state index contributed by atoms with van der Waals surface area (Å²) in [6.07, 6.45) is 0.546. The Kier molecular flexibility index (Phi) is 5.22. The number of thioether (sulfide) groups is 1. The van der Waals surface area contributed by atoms with E-state index in [1.165, 1.54) is 16.4 Å². The molecule has 0 radical (unpaired) electrons. The van der Waals surface area contributed by atoms with Gasteiger partial charge in [-0.3, -0.25) is 4.79 Å². The predicted octanol–water partition coefficient (Wildman–Crippen LogP) is 3.15. The molecule has 148 valence electrons. The molecule has 0 aliphatic carbocycles. The largest absolute Gasteiger partial charge is 0.360 e. The molecular formula is C20H20N6O2S. The minimum absolute atomic E-state index is 0.220. The van der Waals surface area contributed by atoms with E-state index < -0.39 is 5.25 Å². The fourth-order valence-electron chi connectivity index (χ4n) is 2.99. The average Bonchev–Trinajstić information content (AvgIpc) is 3.28. The Labute approximate surface area is 171 Å². The average molecular weight is 408 g/mol. The number of anilines is 1. The van der Waals surface area contributed by atoms with Gasteiger partial charge in [0.15, 0.2) is 11.6 Å². The molecule has 4 rings (SSSR count). The number of fused-ring (bicyclic) bond motifs is 1. The maximum Gasteiger partial charge on any atom is 0.238 e. The summed E-state index contributed by atoms with van der Waals surface area (Å²) in [4.78, 5) is 12.4. The van der Waals surface area contributed by atoms with Crippen LogP contribution >= 0.6 is 11.8 Å². The van der Waals surface area contributed by atoms with Gasteiger partial charge in [0.2, 0.25) is 11.1 Å². The summed E-state index contributed by atoms with van der Waals surface area (Å²) in [6, 6.07) is 16.0. The van der Waals surface area contributed by atoms with Gasteiger partial charge < -0.3 is 15.7 Å². The summed E-state index contributed by atoms with van der Waals surface area (Å²) in [5.41, 5.74) is 1.12. The second kappa shape index (κ2) is 7.96. The van der Waals surface area contributed by atoms with Crippen molar-refractivity contribution in [3.05, 3.63) is 65.7 Å². The number of rotatable bonds is 6. The van der Waals surface area contributed by atoms with Crippen LogP contribution in [-0.2, 0) is 11.2 Å². The zero-order valence-electron chi connectivity index (χ0n) is 16.0. The highest BCUT2D eigenvalue weighted by molar-refractivity contribution is 8.00. The fourth-order valence-corrected chi connectivity index (χ4v) is 3.78. The molecule has 2 heterocycles. The number of aromatic nitrogens is 4. The van der Waals surface area contributed by atoms with Crippen LogP contribution in [0.3, 0.4) is 0 Å². The van der Waals surface area contributed by atoms with E-state index in [1.807, 2.05) is 18.2 Å². The van der Waals surface area contributed by atoms with Crippen LogP contribution in [0.25, 0.3) is 10.8 Å².